The van der Waals surface area contributed by atoms with Gasteiger partial charge in [0.05, 0.1) is 16.7 Å². The van der Waals surface area contributed by atoms with E-state index in [1.165, 1.54) is 12.8 Å². The van der Waals surface area contributed by atoms with Crippen LogP contribution in [-0.4, -0.2) is 48.2 Å². The predicted molar refractivity (Wildman–Crippen MR) is 76.4 cm³/mol. The van der Waals surface area contributed by atoms with Crippen molar-refractivity contribution in [2.24, 2.45) is 0 Å². The molecule has 1 aliphatic rings. The van der Waals surface area contributed by atoms with Crippen LogP contribution in [0.25, 0.3) is 0 Å². The molecule has 102 valence electrons. The van der Waals surface area contributed by atoms with Crippen molar-refractivity contribution in [1.82, 2.24) is 9.88 Å². The molecule has 1 fully saturated rings. The maximum Gasteiger partial charge on any atom is 0.185 e. The lowest BCUT2D eigenvalue weighted by Gasteiger charge is -2.34. The van der Waals surface area contributed by atoms with E-state index in [2.05, 4.69) is 28.9 Å². The zero-order valence-corrected chi connectivity index (χ0v) is 12.5. The number of hydrogen-bond acceptors (Lipinski definition) is 5. The monoisotopic (exact) mass is 269 g/mol. The Kier molecular flexibility index (Phi) is 4.25. The summed E-state index contributed by atoms with van der Waals surface area (Å²) in [7, 11) is 4.30. The molecule has 0 aliphatic carbocycles. The summed E-state index contributed by atoms with van der Waals surface area (Å²) in [4.78, 5) is 10.2. The summed E-state index contributed by atoms with van der Waals surface area (Å²) in [5.74, 6) is 0. The first-order valence-electron chi connectivity index (χ1n) is 6.55. The lowest BCUT2D eigenvalue weighted by atomic mass is 10.0. The summed E-state index contributed by atoms with van der Waals surface area (Å²) in [6.07, 6.45) is 1.97. The SMILES string of the molecule is Cc1nc(N(C)C2CCN(C)CC2)sc1C(C)O. The fourth-order valence-electron chi connectivity index (χ4n) is 2.47. The van der Waals surface area contributed by atoms with Gasteiger partial charge >= 0.3 is 0 Å². The van der Waals surface area contributed by atoms with E-state index in [4.69, 9.17) is 0 Å². The van der Waals surface area contributed by atoms with E-state index in [1.54, 1.807) is 18.3 Å². The highest BCUT2D eigenvalue weighted by atomic mass is 32.1. The third-order valence-electron chi connectivity index (χ3n) is 3.74. The fourth-order valence-corrected chi connectivity index (χ4v) is 3.51. The normalized spacial score (nSPS) is 20.1. The van der Waals surface area contributed by atoms with E-state index < -0.39 is 6.10 Å². The molecule has 0 aromatic carbocycles. The molecule has 2 heterocycles. The molecule has 1 atom stereocenters. The number of aliphatic hydroxyl groups is 1. The predicted octanol–water partition coefficient (Wildman–Crippen LogP) is 2.04. The summed E-state index contributed by atoms with van der Waals surface area (Å²) < 4.78 is 0. The van der Waals surface area contributed by atoms with Crippen molar-refractivity contribution >= 4 is 16.5 Å². The van der Waals surface area contributed by atoms with E-state index in [1.807, 2.05) is 6.92 Å². The van der Waals surface area contributed by atoms with Crippen molar-refractivity contribution < 1.29 is 5.11 Å². The van der Waals surface area contributed by atoms with E-state index in [0.29, 0.717) is 6.04 Å². The molecule has 4 nitrogen and oxygen atoms in total. The number of hydrogen-bond donors (Lipinski definition) is 1. The van der Waals surface area contributed by atoms with Gasteiger partial charge in [0.2, 0.25) is 0 Å². The Balaban J connectivity index is 2.09. The van der Waals surface area contributed by atoms with Crippen molar-refractivity contribution in [3.63, 3.8) is 0 Å². The summed E-state index contributed by atoms with van der Waals surface area (Å²) in [6.45, 7) is 6.09. The number of rotatable bonds is 3. The van der Waals surface area contributed by atoms with Crippen molar-refractivity contribution in [2.45, 2.75) is 38.8 Å². The Hall–Kier alpha value is -0.650. The molecule has 0 amide bonds. The maximum atomic E-state index is 9.69. The molecule has 1 aromatic heterocycles. The second-order valence-corrected chi connectivity index (χ2v) is 6.28. The number of piperidine rings is 1. The van der Waals surface area contributed by atoms with Crippen LogP contribution in [0.2, 0.25) is 0 Å². The molecule has 1 N–H and O–H groups in total. The minimum atomic E-state index is -0.415. The summed E-state index contributed by atoms with van der Waals surface area (Å²) in [5, 5.41) is 10.7. The topological polar surface area (TPSA) is 39.6 Å². The van der Waals surface area contributed by atoms with Gasteiger partial charge < -0.3 is 14.9 Å². The standard InChI is InChI=1S/C13H23N3OS/c1-9-12(10(2)17)18-13(14-9)16(4)11-5-7-15(3)8-6-11/h10-11,17H,5-8H2,1-4H3. The molecule has 1 aliphatic heterocycles. The smallest absolute Gasteiger partial charge is 0.185 e. The van der Waals surface area contributed by atoms with Gasteiger partial charge in [0.15, 0.2) is 5.13 Å². The largest absolute Gasteiger partial charge is 0.388 e. The number of aromatic nitrogens is 1. The quantitative estimate of drug-likeness (QED) is 0.911. The lowest BCUT2D eigenvalue weighted by Crippen LogP contribution is -2.41. The molecule has 1 aromatic rings. The fraction of sp³-hybridized carbons (Fsp3) is 0.769. The highest BCUT2D eigenvalue weighted by molar-refractivity contribution is 7.15. The molecule has 1 saturated heterocycles. The lowest BCUT2D eigenvalue weighted by molar-refractivity contribution is 0.202. The maximum absolute atomic E-state index is 9.69. The van der Waals surface area contributed by atoms with E-state index >= 15 is 0 Å². The third-order valence-corrected chi connectivity index (χ3v) is 5.16. The molecule has 5 heteroatoms. The van der Waals surface area contributed by atoms with Gasteiger partial charge in [0.25, 0.3) is 0 Å². The van der Waals surface area contributed by atoms with Crippen LogP contribution < -0.4 is 4.90 Å². The van der Waals surface area contributed by atoms with E-state index in [9.17, 15) is 5.11 Å². The zero-order valence-electron chi connectivity index (χ0n) is 11.7. The van der Waals surface area contributed by atoms with Gasteiger partial charge in [-0.3, -0.25) is 0 Å². The number of likely N-dealkylation sites (tertiary alicyclic amines) is 1. The first-order chi connectivity index (χ1) is 8.49. The molecular formula is C13H23N3OS. The van der Waals surface area contributed by atoms with Crippen molar-refractivity contribution in [3.8, 4) is 0 Å². The highest BCUT2D eigenvalue weighted by Crippen LogP contribution is 2.32. The number of aryl methyl sites for hydroxylation is 1. The molecule has 0 saturated carbocycles. The van der Waals surface area contributed by atoms with Gasteiger partial charge in [-0.05, 0) is 46.8 Å². The highest BCUT2D eigenvalue weighted by Gasteiger charge is 2.23. The Morgan fingerprint density at radius 3 is 2.56 bits per heavy atom. The van der Waals surface area contributed by atoms with Crippen LogP contribution in [0, 0.1) is 6.92 Å². The Morgan fingerprint density at radius 2 is 2.06 bits per heavy atom. The van der Waals surface area contributed by atoms with Gasteiger partial charge in [-0.2, -0.15) is 0 Å². The van der Waals surface area contributed by atoms with Crippen LogP contribution in [0.4, 0.5) is 5.13 Å². The average molecular weight is 269 g/mol. The van der Waals surface area contributed by atoms with Crippen LogP contribution in [0.15, 0.2) is 0 Å². The number of anilines is 1. The minimum Gasteiger partial charge on any atom is -0.388 e. The molecule has 2 rings (SSSR count). The van der Waals surface area contributed by atoms with E-state index in [-0.39, 0.29) is 0 Å². The number of nitrogens with zero attached hydrogens (tertiary/aromatic N) is 3. The van der Waals surface area contributed by atoms with Crippen LogP contribution in [0.1, 0.15) is 36.4 Å². The number of thiazole rings is 1. The second-order valence-electron chi connectivity index (χ2n) is 5.27. The van der Waals surface area contributed by atoms with Gasteiger partial charge in [-0.25, -0.2) is 4.98 Å². The second kappa shape index (κ2) is 5.55. The van der Waals surface area contributed by atoms with Gasteiger partial charge in [0, 0.05) is 13.1 Å². The number of aliphatic hydroxyl groups excluding tert-OH is 1. The van der Waals surface area contributed by atoms with Crippen LogP contribution in [0.3, 0.4) is 0 Å². The Morgan fingerprint density at radius 1 is 1.44 bits per heavy atom. The minimum absolute atomic E-state index is 0.415. The van der Waals surface area contributed by atoms with Gasteiger partial charge in [-0.15, -0.1) is 0 Å². The Bertz CT molecular complexity index is 397. The molecule has 0 radical (unpaired) electrons. The van der Waals surface area contributed by atoms with Gasteiger partial charge in [-0.1, -0.05) is 11.3 Å². The summed E-state index contributed by atoms with van der Waals surface area (Å²) in [5.41, 5.74) is 0.963. The van der Waals surface area contributed by atoms with Crippen molar-refractivity contribution in [2.75, 3.05) is 32.1 Å². The van der Waals surface area contributed by atoms with Crippen LogP contribution >= 0.6 is 11.3 Å². The first kappa shape index (κ1) is 13.8. The van der Waals surface area contributed by atoms with Crippen molar-refractivity contribution in [1.29, 1.82) is 0 Å². The molecular weight excluding hydrogens is 246 g/mol. The molecule has 0 bridgehead atoms. The molecule has 18 heavy (non-hydrogen) atoms. The average Bonchev–Trinajstić information content (AvgIpc) is 2.71. The zero-order chi connectivity index (χ0) is 13.3. The summed E-state index contributed by atoms with van der Waals surface area (Å²) in [6, 6.07) is 0.577. The van der Waals surface area contributed by atoms with Crippen LogP contribution in [-0.2, 0) is 0 Å². The van der Waals surface area contributed by atoms with Gasteiger partial charge in [0.1, 0.15) is 0 Å². The van der Waals surface area contributed by atoms with Crippen LogP contribution in [0.5, 0.6) is 0 Å². The third kappa shape index (κ3) is 2.84. The molecule has 1 unspecified atom stereocenters. The first-order valence-corrected chi connectivity index (χ1v) is 7.37. The Labute approximate surface area is 113 Å². The van der Waals surface area contributed by atoms with Crippen molar-refractivity contribution in [3.05, 3.63) is 10.6 Å². The molecule has 0 spiro atoms. The van der Waals surface area contributed by atoms with E-state index in [0.717, 1.165) is 28.8 Å². The summed E-state index contributed by atoms with van der Waals surface area (Å²) >= 11 is 1.62.